The maximum Gasteiger partial charge on any atom is 0.259 e. The summed E-state index contributed by atoms with van der Waals surface area (Å²) in [5.41, 5.74) is 0.952. The van der Waals surface area contributed by atoms with Crippen molar-refractivity contribution in [1.82, 2.24) is 0 Å². The Balaban J connectivity index is 2.36. The van der Waals surface area contributed by atoms with Crippen molar-refractivity contribution in [3.8, 4) is 0 Å². The van der Waals surface area contributed by atoms with Gasteiger partial charge in [-0.05, 0) is 65.3 Å². The molecule has 0 unspecified atom stereocenters. The fourth-order valence-corrected chi connectivity index (χ4v) is 2.39. The zero-order valence-corrected chi connectivity index (χ0v) is 12.3. The van der Waals surface area contributed by atoms with Gasteiger partial charge >= 0.3 is 0 Å². The topological polar surface area (TPSA) is 20.3 Å². The normalized spacial score (nSPS) is 10.4. The third-order valence-electron chi connectivity index (χ3n) is 2.86. The number of carbonyl (C=O) groups is 1. The molecule has 0 aromatic heterocycles. The molecule has 2 nitrogen and oxygen atoms in total. The van der Waals surface area contributed by atoms with Gasteiger partial charge in [0.25, 0.3) is 5.91 Å². The van der Waals surface area contributed by atoms with Crippen molar-refractivity contribution < 1.29 is 13.6 Å². The van der Waals surface area contributed by atoms with Crippen molar-refractivity contribution in [3.63, 3.8) is 0 Å². The van der Waals surface area contributed by atoms with E-state index in [9.17, 15) is 13.6 Å². The first-order chi connectivity index (χ1) is 9.52. The van der Waals surface area contributed by atoms with Crippen LogP contribution in [0.1, 0.15) is 17.3 Å². The molecule has 5 heteroatoms. The first kappa shape index (κ1) is 14.7. The predicted molar refractivity (Wildman–Crippen MR) is 77.9 cm³/mol. The molecule has 2 aromatic carbocycles. The lowest BCUT2D eigenvalue weighted by molar-refractivity contribution is 0.0987. The zero-order valence-electron chi connectivity index (χ0n) is 10.7. The van der Waals surface area contributed by atoms with Crippen molar-refractivity contribution in [2.75, 3.05) is 11.4 Å². The first-order valence-electron chi connectivity index (χ1n) is 6.05. The number of hydrogen-bond donors (Lipinski definition) is 0. The summed E-state index contributed by atoms with van der Waals surface area (Å²) in [6.07, 6.45) is 0. The molecule has 20 heavy (non-hydrogen) atoms. The molecule has 0 aliphatic carbocycles. The Morgan fingerprint density at radius 2 is 1.70 bits per heavy atom. The van der Waals surface area contributed by atoms with Crippen molar-refractivity contribution in [1.29, 1.82) is 0 Å². The van der Waals surface area contributed by atoms with E-state index in [1.807, 2.05) is 6.92 Å². The second kappa shape index (κ2) is 6.13. The highest BCUT2D eigenvalue weighted by molar-refractivity contribution is 9.10. The van der Waals surface area contributed by atoms with Crippen LogP contribution in [-0.4, -0.2) is 12.5 Å². The van der Waals surface area contributed by atoms with Gasteiger partial charge in [-0.1, -0.05) is 0 Å². The van der Waals surface area contributed by atoms with Crippen LogP contribution in [0, 0.1) is 11.6 Å². The highest BCUT2D eigenvalue weighted by atomic mass is 79.9. The van der Waals surface area contributed by atoms with Crippen LogP contribution in [0.25, 0.3) is 0 Å². The Hall–Kier alpha value is -1.75. The Morgan fingerprint density at radius 1 is 1.10 bits per heavy atom. The van der Waals surface area contributed by atoms with E-state index in [-0.39, 0.29) is 11.7 Å². The molecule has 2 rings (SSSR count). The number of benzene rings is 2. The van der Waals surface area contributed by atoms with Gasteiger partial charge in [-0.25, -0.2) is 8.78 Å². The molecule has 0 heterocycles. The molecule has 0 atom stereocenters. The fraction of sp³-hybridized carbons (Fsp3) is 0.133. The van der Waals surface area contributed by atoms with Gasteiger partial charge < -0.3 is 4.90 Å². The third-order valence-corrected chi connectivity index (χ3v) is 3.52. The molecule has 1 amide bonds. The minimum absolute atomic E-state index is 0.272. The average molecular weight is 340 g/mol. The summed E-state index contributed by atoms with van der Waals surface area (Å²) in [5.74, 6) is -1.05. The van der Waals surface area contributed by atoms with Crippen LogP contribution in [0.15, 0.2) is 46.9 Å². The summed E-state index contributed by atoms with van der Waals surface area (Å²) < 4.78 is 26.4. The van der Waals surface area contributed by atoms with E-state index in [2.05, 4.69) is 15.9 Å². The Labute approximate surface area is 124 Å². The standard InChI is InChI=1S/C15H12BrF2NO/c1-2-19(12-6-3-10(17)4-7-12)15(20)13-8-5-11(18)9-14(13)16/h3-9H,2H2,1H3. The molecule has 0 radical (unpaired) electrons. The molecule has 0 saturated heterocycles. The molecule has 0 saturated carbocycles. The number of rotatable bonds is 3. The maximum absolute atomic E-state index is 13.1. The van der Waals surface area contributed by atoms with Crippen LogP contribution in [0.2, 0.25) is 0 Å². The van der Waals surface area contributed by atoms with Crippen LogP contribution in [0.3, 0.4) is 0 Å². The zero-order chi connectivity index (χ0) is 14.7. The van der Waals surface area contributed by atoms with Gasteiger partial charge in [0.05, 0.1) is 5.56 Å². The molecule has 0 spiro atoms. The summed E-state index contributed by atoms with van der Waals surface area (Å²) in [5, 5.41) is 0. The Morgan fingerprint density at radius 3 is 2.25 bits per heavy atom. The summed E-state index contributed by atoms with van der Waals surface area (Å²) >= 11 is 3.18. The second-order valence-electron chi connectivity index (χ2n) is 4.15. The SMILES string of the molecule is CCN(C(=O)c1ccc(F)cc1Br)c1ccc(F)cc1. The van der Waals surface area contributed by atoms with E-state index < -0.39 is 5.82 Å². The van der Waals surface area contributed by atoms with Crippen LogP contribution in [0.4, 0.5) is 14.5 Å². The molecule has 0 N–H and O–H groups in total. The van der Waals surface area contributed by atoms with E-state index >= 15 is 0 Å². The van der Waals surface area contributed by atoms with Gasteiger partial charge in [-0.3, -0.25) is 4.79 Å². The first-order valence-corrected chi connectivity index (χ1v) is 6.84. The summed E-state index contributed by atoms with van der Waals surface area (Å²) in [6.45, 7) is 2.24. The third kappa shape index (κ3) is 3.04. The largest absolute Gasteiger partial charge is 0.309 e. The van der Waals surface area contributed by atoms with E-state index in [1.165, 1.54) is 47.4 Å². The Kier molecular flexibility index (Phi) is 4.49. The van der Waals surface area contributed by atoms with E-state index in [0.717, 1.165) is 0 Å². The molecule has 0 bridgehead atoms. The van der Waals surface area contributed by atoms with Gasteiger partial charge in [0.2, 0.25) is 0 Å². The summed E-state index contributed by atoms with van der Waals surface area (Å²) in [4.78, 5) is 14.0. The molecular formula is C15H12BrF2NO. The van der Waals surface area contributed by atoms with Crippen LogP contribution < -0.4 is 4.90 Å². The minimum atomic E-state index is -0.418. The molecule has 104 valence electrons. The summed E-state index contributed by atoms with van der Waals surface area (Å²) in [7, 11) is 0. The molecule has 0 fully saturated rings. The number of amides is 1. The smallest absolute Gasteiger partial charge is 0.259 e. The van der Waals surface area contributed by atoms with E-state index in [4.69, 9.17) is 0 Å². The molecular weight excluding hydrogens is 328 g/mol. The van der Waals surface area contributed by atoms with Gasteiger partial charge in [-0.2, -0.15) is 0 Å². The highest BCUT2D eigenvalue weighted by Gasteiger charge is 2.18. The number of halogens is 3. The number of hydrogen-bond acceptors (Lipinski definition) is 1. The lowest BCUT2D eigenvalue weighted by atomic mass is 10.1. The van der Waals surface area contributed by atoms with Crippen molar-refractivity contribution >= 4 is 27.5 Å². The van der Waals surface area contributed by atoms with Crippen LogP contribution in [-0.2, 0) is 0 Å². The van der Waals surface area contributed by atoms with E-state index in [0.29, 0.717) is 22.3 Å². The van der Waals surface area contributed by atoms with Gasteiger partial charge in [-0.15, -0.1) is 0 Å². The average Bonchev–Trinajstić information content (AvgIpc) is 2.41. The lowest BCUT2D eigenvalue weighted by Gasteiger charge is -2.21. The minimum Gasteiger partial charge on any atom is -0.309 e. The quantitative estimate of drug-likeness (QED) is 0.811. The molecule has 0 aliphatic rings. The van der Waals surface area contributed by atoms with Crippen molar-refractivity contribution in [2.24, 2.45) is 0 Å². The fourth-order valence-electron chi connectivity index (χ4n) is 1.87. The summed E-state index contributed by atoms with van der Waals surface area (Å²) in [6, 6.07) is 9.56. The van der Waals surface area contributed by atoms with Gasteiger partial charge in [0, 0.05) is 16.7 Å². The number of carbonyl (C=O) groups excluding carboxylic acids is 1. The number of anilines is 1. The monoisotopic (exact) mass is 339 g/mol. The maximum atomic E-state index is 13.1. The van der Waals surface area contributed by atoms with Gasteiger partial charge in [0.15, 0.2) is 0 Å². The van der Waals surface area contributed by atoms with E-state index in [1.54, 1.807) is 0 Å². The number of nitrogens with zero attached hydrogens (tertiary/aromatic N) is 1. The van der Waals surface area contributed by atoms with Crippen molar-refractivity contribution in [2.45, 2.75) is 6.92 Å². The highest BCUT2D eigenvalue weighted by Crippen LogP contribution is 2.23. The van der Waals surface area contributed by atoms with Gasteiger partial charge in [0.1, 0.15) is 11.6 Å². The van der Waals surface area contributed by atoms with Crippen LogP contribution >= 0.6 is 15.9 Å². The second-order valence-corrected chi connectivity index (χ2v) is 5.00. The Bertz CT molecular complexity index is 628. The van der Waals surface area contributed by atoms with Crippen LogP contribution in [0.5, 0.6) is 0 Å². The lowest BCUT2D eigenvalue weighted by Crippen LogP contribution is -2.30. The van der Waals surface area contributed by atoms with Crippen molar-refractivity contribution in [3.05, 3.63) is 64.1 Å². The molecule has 0 aliphatic heterocycles. The molecule has 2 aromatic rings. The predicted octanol–water partition coefficient (Wildman–Crippen LogP) is 4.39.